The molecule has 0 aliphatic heterocycles. The number of benzene rings is 1. The zero-order valence-electron chi connectivity index (χ0n) is 12.0. The molecular weight excluding hydrogens is 262 g/mol. The van der Waals surface area contributed by atoms with E-state index >= 15 is 0 Å². The lowest BCUT2D eigenvalue weighted by atomic mass is 9.98. The van der Waals surface area contributed by atoms with Crippen molar-refractivity contribution < 1.29 is 0 Å². The predicted octanol–water partition coefficient (Wildman–Crippen LogP) is 4.13. The number of fused-ring (bicyclic) bond motifs is 1. The van der Waals surface area contributed by atoms with Crippen molar-refractivity contribution in [1.82, 2.24) is 0 Å². The first kappa shape index (κ1) is 13.8. The minimum absolute atomic E-state index is 0.300. The van der Waals surface area contributed by atoms with E-state index in [1.807, 2.05) is 11.3 Å². The fourth-order valence-corrected chi connectivity index (χ4v) is 3.90. The maximum atomic E-state index is 6.29. The SMILES string of the molecule is NC(CCCc1cccs1)Cc1ccc2c(c1)CCC2. The molecule has 1 aromatic heterocycles. The summed E-state index contributed by atoms with van der Waals surface area (Å²) in [5, 5.41) is 2.15. The Hall–Kier alpha value is -1.12. The zero-order chi connectivity index (χ0) is 13.8. The van der Waals surface area contributed by atoms with Gasteiger partial charge in [-0.3, -0.25) is 0 Å². The Balaban J connectivity index is 1.47. The molecule has 1 aliphatic rings. The lowest BCUT2D eigenvalue weighted by molar-refractivity contribution is 0.581. The molecule has 2 heteroatoms. The van der Waals surface area contributed by atoms with Crippen LogP contribution < -0.4 is 5.73 Å². The van der Waals surface area contributed by atoms with Gasteiger partial charge in [0.25, 0.3) is 0 Å². The fraction of sp³-hybridized carbons (Fsp3) is 0.444. The van der Waals surface area contributed by atoms with Crippen LogP contribution in [0.15, 0.2) is 35.7 Å². The van der Waals surface area contributed by atoms with Crippen molar-refractivity contribution in [1.29, 1.82) is 0 Å². The Bertz CT molecular complexity index is 545. The van der Waals surface area contributed by atoms with E-state index in [1.165, 1.54) is 42.5 Å². The van der Waals surface area contributed by atoms with Gasteiger partial charge in [-0.15, -0.1) is 11.3 Å². The van der Waals surface area contributed by atoms with Gasteiger partial charge in [-0.2, -0.15) is 0 Å². The second-order valence-corrected chi connectivity index (χ2v) is 6.92. The van der Waals surface area contributed by atoms with Gasteiger partial charge in [0.1, 0.15) is 0 Å². The van der Waals surface area contributed by atoms with E-state index in [2.05, 4.69) is 35.7 Å². The van der Waals surface area contributed by atoms with Crippen LogP contribution in [0.25, 0.3) is 0 Å². The number of hydrogen-bond acceptors (Lipinski definition) is 2. The Morgan fingerprint density at radius 2 is 2.05 bits per heavy atom. The van der Waals surface area contributed by atoms with Gasteiger partial charge in [-0.1, -0.05) is 24.3 Å². The first-order valence-corrected chi connectivity index (χ1v) is 8.58. The molecule has 2 aromatic rings. The third-order valence-electron chi connectivity index (χ3n) is 4.24. The van der Waals surface area contributed by atoms with Gasteiger partial charge >= 0.3 is 0 Å². The standard InChI is InChI=1S/C18H23NS/c19-17(6-2-7-18-8-3-11-20-18)13-14-9-10-15-4-1-5-16(15)12-14/h3,8-12,17H,1-2,4-7,13,19H2. The van der Waals surface area contributed by atoms with E-state index in [1.54, 1.807) is 11.1 Å². The molecule has 3 rings (SSSR count). The summed E-state index contributed by atoms with van der Waals surface area (Å²) in [7, 11) is 0. The van der Waals surface area contributed by atoms with E-state index in [9.17, 15) is 0 Å². The molecule has 1 aromatic carbocycles. The number of thiophene rings is 1. The van der Waals surface area contributed by atoms with Gasteiger partial charge in [-0.05, 0) is 73.1 Å². The summed E-state index contributed by atoms with van der Waals surface area (Å²) in [6.45, 7) is 0. The summed E-state index contributed by atoms with van der Waals surface area (Å²) in [6.07, 6.45) is 8.37. The maximum Gasteiger partial charge on any atom is 0.00794 e. The van der Waals surface area contributed by atoms with Crippen LogP contribution in [0, 0.1) is 0 Å². The molecule has 0 fully saturated rings. The van der Waals surface area contributed by atoms with Crippen LogP contribution in [0.3, 0.4) is 0 Å². The minimum atomic E-state index is 0.300. The summed E-state index contributed by atoms with van der Waals surface area (Å²) in [5.41, 5.74) is 10.8. The highest BCUT2D eigenvalue weighted by atomic mass is 32.1. The number of aryl methyl sites for hydroxylation is 3. The van der Waals surface area contributed by atoms with Gasteiger partial charge in [0.05, 0.1) is 0 Å². The predicted molar refractivity (Wildman–Crippen MR) is 87.4 cm³/mol. The quantitative estimate of drug-likeness (QED) is 0.848. The molecule has 1 unspecified atom stereocenters. The summed E-state index contributed by atoms with van der Waals surface area (Å²) in [6, 6.07) is 11.6. The van der Waals surface area contributed by atoms with Crippen molar-refractivity contribution in [3.8, 4) is 0 Å². The summed E-state index contributed by atoms with van der Waals surface area (Å²) >= 11 is 1.85. The van der Waals surface area contributed by atoms with Crippen molar-refractivity contribution in [3.63, 3.8) is 0 Å². The molecule has 0 spiro atoms. The van der Waals surface area contributed by atoms with E-state index in [-0.39, 0.29) is 0 Å². The number of rotatable bonds is 6. The molecule has 0 bridgehead atoms. The highest BCUT2D eigenvalue weighted by Crippen LogP contribution is 2.23. The molecule has 0 amide bonds. The van der Waals surface area contributed by atoms with Crippen LogP contribution in [-0.4, -0.2) is 6.04 Å². The highest BCUT2D eigenvalue weighted by Gasteiger charge is 2.12. The zero-order valence-corrected chi connectivity index (χ0v) is 12.8. The summed E-state index contributed by atoms with van der Waals surface area (Å²) < 4.78 is 0. The van der Waals surface area contributed by atoms with Crippen LogP contribution in [0.1, 0.15) is 40.8 Å². The topological polar surface area (TPSA) is 26.0 Å². The molecule has 1 heterocycles. The molecule has 0 radical (unpaired) electrons. The van der Waals surface area contributed by atoms with Gasteiger partial charge in [0.2, 0.25) is 0 Å². The summed E-state index contributed by atoms with van der Waals surface area (Å²) in [4.78, 5) is 1.48. The summed E-state index contributed by atoms with van der Waals surface area (Å²) in [5.74, 6) is 0. The average Bonchev–Trinajstić information content (AvgIpc) is 3.08. The average molecular weight is 285 g/mol. The molecule has 1 atom stereocenters. The van der Waals surface area contributed by atoms with Crippen molar-refractivity contribution in [2.45, 2.75) is 51.0 Å². The van der Waals surface area contributed by atoms with Crippen molar-refractivity contribution in [3.05, 3.63) is 57.3 Å². The van der Waals surface area contributed by atoms with Gasteiger partial charge in [0, 0.05) is 10.9 Å². The largest absolute Gasteiger partial charge is 0.327 e. The normalized spacial score (nSPS) is 15.2. The van der Waals surface area contributed by atoms with Crippen LogP contribution in [-0.2, 0) is 25.7 Å². The molecule has 0 saturated carbocycles. The molecular formula is C18H23NS. The first-order chi connectivity index (χ1) is 9.81. The number of hydrogen-bond donors (Lipinski definition) is 1. The monoisotopic (exact) mass is 285 g/mol. The van der Waals surface area contributed by atoms with E-state index in [0.29, 0.717) is 6.04 Å². The van der Waals surface area contributed by atoms with Crippen LogP contribution in [0.2, 0.25) is 0 Å². The minimum Gasteiger partial charge on any atom is -0.327 e. The molecule has 2 N–H and O–H groups in total. The smallest absolute Gasteiger partial charge is 0.00794 e. The lowest BCUT2D eigenvalue weighted by Crippen LogP contribution is -2.22. The molecule has 0 saturated heterocycles. The first-order valence-electron chi connectivity index (χ1n) is 7.70. The molecule has 1 aliphatic carbocycles. The van der Waals surface area contributed by atoms with E-state index in [4.69, 9.17) is 5.73 Å². The van der Waals surface area contributed by atoms with E-state index in [0.717, 1.165) is 12.8 Å². The van der Waals surface area contributed by atoms with Crippen LogP contribution in [0.5, 0.6) is 0 Å². The van der Waals surface area contributed by atoms with Crippen molar-refractivity contribution in [2.24, 2.45) is 5.73 Å². The second-order valence-electron chi connectivity index (χ2n) is 5.89. The van der Waals surface area contributed by atoms with Crippen LogP contribution >= 0.6 is 11.3 Å². The van der Waals surface area contributed by atoms with Gasteiger partial charge < -0.3 is 5.73 Å². The molecule has 20 heavy (non-hydrogen) atoms. The maximum absolute atomic E-state index is 6.29. The highest BCUT2D eigenvalue weighted by molar-refractivity contribution is 7.09. The molecule has 1 nitrogen and oxygen atoms in total. The third kappa shape index (κ3) is 3.50. The Labute approximate surface area is 125 Å². The lowest BCUT2D eigenvalue weighted by Gasteiger charge is -2.12. The Morgan fingerprint density at radius 3 is 2.90 bits per heavy atom. The Morgan fingerprint density at radius 1 is 1.15 bits per heavy atom. The van der Waals surface area contributed by atoms with Gasteiger partial charge in [-0.25, -0.2) is 0 Å². The second kappa shape index (κ2) is 6.55. The fourth-order valence-electron chi connectivity index (χ4n) is 3.15. The van der Waals surface area contributed by atoms with Gasteiger partial charge in [0.15, 0.2) is 0 Å². The number of nitrogens with two attached hydrogens (primary N) is 1. The van der Waals surface area contributed by atoms with Crippen LogP contribution in [0.4, 0.5) is 0 Å². The molecule has 106 valence electrons. The van der Waals surface area contributed by atoms with Crippen molar-refractivity contribution in [2.75, 3.05) is 0 Å². The third-order valence-corrected chi connectivity index (χ3v) is 5.18. The van der Waals surface area contributed by atoms with E-state index < -0.39 is 0 Å². The van der Waals surface area contributed by atoms with Crippen molar-refractivity contribution >= 4 is 11.3 Å². The Kier molecular flexibility index (Phi) is 4.54.